The standard InChI is InChI=1S/C12H16N2O/c1-3-8-4-6-9(7-5-8)11-10(13)12(15)14(11)2/h4-7,10-11H,3,13H2,1-2H3. The van der Waals surface area contributed by atoms with Gasteiger partial charge in [0.05, 0.1) is 6.04 Å². The van der Waals surface area contributed by atoms with E-state index in [0.29, 0.717) is 0 Å². The van der Waals surface area contributed by atoms with Crippen molar-refractivity contribution < 1.29 is 4.79 Å². The number of carbonyl (C=O) groups excluding carboxylic acids is 1. The Morgan fingerprint density at radius 2 is 1.93 bits per heavy atom. The molecule has 1 saturated heterocycles. The molecule has 2 atom stereocenters. The van der Waals surface area contributed by atoms with E-state index in [1.165, 1.54) is 5.56 Å². The summed E-state index contributed by atoms with van der Waals surface area (Å²) in [6.45, 7) is 2.12. The number of likely N-dealkylation sites (tertiary alicyclic amines) is 1. The first kappa shape index (κ1) is 10.2. The average Bonchev–Trinajstić information content (AvgIpc) is 2.30. The van der Waals surface area contributed by atoms with Crippen molar-refractivity contribution in [3.63, 3.8) is 0 Å². The van der Waals surface area contributed by atoms with Crippen molar-refractivity contribution in [2.75, 3.05) is 7.05 Å². The Hall–Kier alpha value is -1.35. The van der Waals surface area contributed by atoms with E-state index < -0.39 is 0 Å². The molecule has 1 amide bonds. The molecule has 1 heterocycles. The van der Waals surface area contributed by atoms with E-state index >= 15 is 0 Å². The summed E-state index contributed by atoms with van der Waals surface area (Å²) >= 11 is 0. The van der Waals surface area contributed by atoms with E-state index in [2.05, 4.69) is 31.2 Å². The van der Waals surface area contributed by atoms with Crippen LogP contribution in [0.25, 0.3) is 0 Å². The predicted molar refractivity (Wildman–Crippen MR) is 59.3 cm³/mol. The van der Waals surface area contributed by atoms with Gasteiger partial charge >= 0.3 is 0 Å². The third kappa shape index (κ3) is 1.53. The number of rotatable bonds is 2. The van der Waals surface area contributed by atoms with Gasteiger partial charge in [-0.1, -0.05) is 31.2 Å². The second-order valence-corrected chi connectivity index (χ2v) is 4.01. The molecule has 0 spiro atoms. The van der Waals surface area contributed by atoms with Gasteiger partial charge in [0.1, 0.15) is 6.04 Å². The van der Waals surface area contributed by atoms with Crippen molar-refractivity contribution in [1.29, 1.82) is 0 Å². The number of hydrogen-bond acceptors (Lipinski definition) is 2. The van der Waals surface area contributed by atoms with Gasteiger partial charge in [-0.3, -0.25) is 4.79 Å². The van der Waals surface area contributed by atoms with Crippen LogP contribution >= 0.6 is 0 Å². The van der Waals surface area contributed by atoms with Crippen LogP contribution in [-0.2, 0) is 11.2 Å². The van der Waals surface area contributed by atoms with Gasteiger partial charge < -0.3 is 10.6 Å². The quantitative estimate of drug-likeness (QED) is 0.733. The fourth-order valence-corrected chi connectivity index (χ4v) is 2.05. The smallest absolute Gasteiger partial charge is 0.242 e. The van der Waals surface area contributed by atoms with Crippen LogP contribution in [-0.4, -0.2) is 23.9 Å². The fraction of sp³-hybridized carbons (Fsp3) is 0.417. The fourth-order valence-electron chi connectivity index (χ4n) is 2.05. The minimum absolute atomic E-state index is 0.0274. The van der Waals surface area contributed by atoms with Crippen molar-refractivity contribution in [2.45, 2.75) is 25.4 Å². The van der Waals surface area contributed by atoms with Crippen molar-refractivity contribution >= 4 is 5.91 Å². The summed E-state index contributed by atoms with van der Waals surface area (Å²) in [4.78, 5) is 13.0. The molecule has 0 aromatic heterocycles. The Morgan fingerprint density at radius 1 is 1.33 bits per heavy atom. The van der Waals surface area contributed by atoms with Crippen LogP contribution < -0.4 is 5.73 Å². The summed E-state index contributed by atoms with van der Waals surface area (Å²) in [7, 11) is 1.80. The maximum Gasteiger partial charge on any atom is 0.242 e. The highest BCUT2D eigenvalue weighted by atomic mass is 16.2. The zero-order valence-electron chi connectivity index (χ0n) is 9.10. The zero-order chi connectivity index (χ0) is 11.0. The van der Waals surface area contributed by atoms with Gasteiger partial charge in [0.15, 0.2) is 0 Å². The van der Waals surface area contributed by atoms with Crippen LogP contribution in [0.3, 0.4) is 0 Å². The lowest BCUT2D eigenvalue weighted by molar-refractivity contribution is -0.147. The Labute approximate surface area is 89.9 Å². The Kier molecular flexibility index (Phi) is 2.49. The molecular formula is C12H16N2O. The normalized spacial score (nSPS) is 25.3. The molecule has 0 radical (unpaired) electrons. The molecular weight excluding hydrogens is 188 g/mol. The second-order valence-electron chi connectivity index (χ2n) is 4.01. The number of carbonyl (C=O) groups is 1. The minimum atomic E-state index is -0.359. The molecule has 1 aromatic rings. The molecule has 0 aliphatic carbocycles. The Morgan fingerprint density at radius 3 is 2.40 bits per heavy atom. The van der Waals surface area contributed by atoms with E-state index in [-0.39, 0.29) is 18.0 Å². The van der Waals surface area contributed by atoms with Crippen LogP contribution in [0.2, 0.25) is 0 Å². The molecule has 1 aliphatic heterocycles. The number of β-lactam (4-membered cyclic amide) rings is 1. The number of benzene rings is 1. The number of hydrogen-bond donors (Lipinski definition) is 1. The molecule has 1 aliphatic rings. The molecule has 2 N–H and O–H groups in total. The lowest BCUT2D eigenvalue weighted by Gasteiger charge is -2.43. The third-order valence-corrected chi connectivity index (χ3v) is 3.12. The van der Waals surface area contributed by atoms with Crippen molar-refractivity contribution in [3.8, 4) is 0 Å². The molecule has 15 heavy (non-hydrogen) atoms. The van der Waals surface area contributed by atoms with Gasteiger partial charge in [-0.05, 0) is 17.5 Å². The average molecular weight is 204 g/mol. The van der Waals surface area contributed by atoms with Crippen LogP contribution in [0.1, 0.15) is 24.1 Å². The number of aryl methyl sites for hydroxylation is 1. The zero-order valence-corrected chi connectivity index (χ0v) is 9.10. The highest BCUT2D eigenvalue weighted by Gasteiger charge is 2.42. The highest BCUT2D eigenvalue weighted by Crippen LogP contribution is 2.31. The molecule has 1 fully saturated rings. The lowest BCUT2D eigenvalue weighted by atomic mass is 9.89. The van der Waals surface area contributed by atoms with E-state index in [0.717, 1.165) is 12.0 Å². The van der Waals surface area contributed by atoms with Gasteiger partial charge in [0, 0.05) is 7.05 Å². The molecule has 2 unspecified atom stereocenters. The van der Waals surface area contributed by atoms with E-state index in [9.17, 15) is 4.79 Å². The molecule has 3 nitrogen and oxygen atoms in total. The summed E-state index contributed by atoms with van der Waals surface area (Å²) in [6, 6.07) is 8.02. The topological polar surface area (TPSA) is 46.3 Å². The third-order valence-electron chi connectivity index (χ3n) is 3.12. The molecule has 0 bridgehead atoms. The number of nitrogens with two attached hydrogens (primary N) is 1. The summed E-state index contributed by atoms with van der Waals surface area (Å²) in [6.07, 6.45) is 1.03. The maximum atomic E-state index is 11.3. The van der Waals surface area contributed by atoms with Gasteiger partial charge in [-0.15, -0.1) is 0 Å². The Balaban J connectivity index is 2.20. The van der Waals surface area contributed by atoms with Crippen LogP contribution in [0.15, 0.2) is 24.3 Å². The lowest BCUT2D eigenvalue weighted by Crippen LogP contribution is -2.61. The van der Waals surface area contributed by atoms with Crippen molar-refractivity contribution in [1.82, 2.24) is 4.90 Å². The highest BCUT2D eigenvalue weighted by molar-refractivity contribution is 5.89. The minimum Gasteiger partial charge on any atom is -0.335 e. The van der Waals surface area contributed by atoms with E-state index in [1.807, 2.05) is 0 Å². The number of amides is 1. The Bertz CT molecular complexity index is 360. The maximum absolute atomic E-state index is 11.3. The summed E-state index contributed by atoms with van der Waals surface area (Å²) in [5, 5.41) is 0. The van der Waals surface area contributed by atoms with Gasteiger partial charge in [-0.25, -0.2) is 0 Å². The predicted octanol–water partition coefficient (Wildman–Crippen LogP) is 1.09. The molecule has 1 aromatic carbocycles. The van der Waals surface area contributed by atoms with Crippen LogP contribution in [0.5, 0.6) is 0 Å². The first-order valence-electron chi connectivity index (χ1n) is 5.26. The number of likely N-dealkylation sites (N-methyl/N-ethyl adjacent to an activating group) is 1. The van der Waals surface area contributed by atoms with Crippen LogP contribution in [0, 0.1) is 0 Å². The molecule has 0 saturated carbocycles. The first-order chi connectivity index (χ1) is 7.15. The van der Waals surface area contributed by atoms with Crippen LogP contribution in [0.4, 0.5) is 0 Å². The van der Waals surface area contributed by atoms with Crippen molar-refractivity contribution in [2.24, 2.45) is 5.73 Å². The first-order valence-corrected chi connectivity index (χ1v) is 5.26. The summed E-state index contributed by atoms with van der Waals surface area (Å²) in [5.41, 5.74) is 8.20. The van der Waals surface area contributed by atoms with E-state index in [1.54, 1.807) is 11.9 Å². The molecule has 80 valence electrons. The molecule has 2 rings (SSSR count). The monoisotopic (exact) mass is 204 g/mol. The van der Waals surface area contributed by atoms with Gasteiger partial charge in [0.25, 0.3) is 0 Å². The SMILES string of the molecule is CCc1ccc(C2C(N)C(=O)N2C)cc1. The van der Waals surface area contributed by atoms with Crippen molar-refractivity contribution in [3.05, 3.63) is 35.4 Å². The van der Waals surface area contributed by atoms with E-state index in [4.69, 9.17) is 5.73 Å². The molecule has 3 heteroatoms. The largest absolute Gasteiger partial charge is 0.335 e. The summed E-state index contributed by atoms with van der Waals surface area (Å²) < 4.78 is 0. The van der Waals surface area contributed by atoms with Gasteiger partial charge in [-0.2, -0.15) is 0 Å². The van der Waals surface area contributed by atoms with Gasteiger partial charge in [0.2, 0.25) is 5.91 Å². The second kappa shape index (κ2) is 3.66. The number of nitrogens with zero attached hydrogens (tertiary/aromatic N) is 1. The summed E-state index contributed by atoms with van der Waals surface area (Å²) in [5.74, 6) is 0.0274.